The molecule has 0 atom stereocenters. The largest absolute Gasteiger partial charge is 0.418 e. The molecule has 0 aliphatic heterocycles. The molecule has 0 fully saturated rings. The SMILES string of the molecule is N=Cc1c(Br)ccc(C(F)(F)F)c1N. The molecule has 14 heavy (non-hydrogen) atoms. The Balaban J connectivity index is 3.43. The van der Waals surface area contributed by atoms with Crippen LogP contribution in [0.2, 0.25) is 0 Å². The molecular formula is C8H6BrF3N2. The number of nitrogen functional groups attached to an aromatic ring is 1. The quantitative estimate of drug-likeness (QED) is 0.596. The number of alkyl halides is 3. The van der Waals surface area contributed by atoms with Crippen molar-refractivity contribution >= 4 is 27.8 Å². The lowest BCUT2D eigenvalue weighted by atomic mass is 10.1. The van der Waals surface area contributed by atoms with Gasteiger partial charge >= 0.3 is 6.18 Å². The van der Waals surface area contributed by atoms with E-state index < -0.39 is 17.4 Å². The molecule has 0 spiro atoms. The molecule has 6 heteroatoms. The summed E-state index contributed by atoms with van der Waals surface area (Å²) in [4.78, 5) is 0. The smallest absolute Gasteiger partial charge is 0.398 e. The van der Waals surface area contributed by atoms with Gasteiger partial charge < -0.3 is 11.1 Å². The molecule has 0 amide bonds. The molecule has 0 heterocycles. The van der Waals surface area contributed by atoms with E-state index in [2.05, 4.69) is 15.9 Å². The summed E-state index contributed by atoms with van der Waals surface area (Å²) in [6, 6.07) is 2.10. The van der Waals surface area contributed by atoms with Gasteiger partial charge in [0.1, 0.15) is 0 Å². The molecule has 1 rings (SSSR count). The van der Waals surface area contributed by atoms with Gasteiger partial charge in [-0.1, -0.05) is 15.9 Å². The minimum Gasteiger partial charge on any atom is -0.398 e. The lowest BCUT2D eigenvalue weighted by molar-refractivity contribution is -0.136. The molecule has 1 aromatic rings. The second-order valence-electron chi connectivity index (χ2n) is 2.56. The van der Waals surface area contributed by atoms with E-state index in [0.29, 0.717) is 4.47 Å². The van der Waals surface area contributed by atoms with E-state index >= 15 is 0 Å². The zero-order valence-electron chi connectivity index (χ0n) is 6.82. The number of nitrogens with two attached hydrogens (primary N) is 1. The standard InChI is InChI=1S/C8H6BrF3N2/c9-6-2-1-5(8(10,11)12)7(14)4(6)3-13/h1-3,13H,14H2. The van der Waals surface area contributed by atoms with Crippen molar-refractivity contribution in [2.45, 2.75) is 6.18 Å². The van der Waals surface area contributed by atoms with E-state index in [1.807, 2.05) is 0 Å². The first-order chi connectivity index (χ1) is 6.38. The molecule has 2 nitrogen and oxygen atoms in total. The maximum absolute atomic E-state index is 12.3. The topological polar surface area (TPSA) is 49.9 Å². The number of anilines is 1. The Labute approximate surface area is 86.6 Å². The van der Waals surface area contributed by atoms with Crippen molar-refractivity contribution in [1.29, 1.82) is 5.41 Å². The molecule has 0 saturated carbocycles. The average Bonchev–Trinajstić information content (AvgIpc) is 2.02. The fourth-order valence-electron chi connectivity index (χ4n) is 1.00. The van der Waals surface area contributed by atoms with Gasteiger partial charge in [-0.25, -0.2) is 0 Å². The van der Waals surface area contributed by atoms with Crippen LogP contribution in [-0.4, -0.2) is 6.21 Å². The number of halogens is 4. The van der Waals surface area contributed by atoms with Crippen LogP contribution in [0.15, 0.2) is 16.6 Å². The Morgan fingerprint density at radius 2 is 1.93 bits per heavy atom. The van der Waals surface area contributed by atoms with Crippen molar-refractivity contribution in [3.63, 3.8) is 0 Å². The summed E-state index contributed by atoms with van der Waals surface area (Å²) in [6.07, 6.45) is -3.70. The first-order valence-corrected chi connectivity index (χ1v) is 4.33. The third-order valence-corrected chi connectivity index (χ3v) is 2.38. The molecule has 3 N–H and O–H groups in total. The Morgan fingerprint density at radius 3 is 2.36 bits per heavy atom. The normalized spacial score (nSPS) is 11.4. The van der Waals surface area contributed by atoms with Crippen LogP contribution in [0, 0.1) is 5.41 Å². The molecule has 0 bridgehead atoms. The predicted molar refractivity (Wildman–Crippen MR) is 51.4 cm³/mol. The molecule has 0 radical (unpaired) electrons. The number of hydrogen-bond donors (Lipinski definition) is 2. The van der Waals surface area contributed by atoms with Gasteiger partial charge in [0.25, 0.3) is 0 Å². The van der Waals surface area contributed by atoms with Crippen molar-refractivity contribution in [3.05, 3.63) is 27.7 Å². The van der Waals surface area contributed by atoms with E-state index in [1.165, 1.54) is 6.07 Å². The summed E-state index contributed by atoms with van der Waals surface area (Å²) in [5, 5.41) is 6.92. The highest BCUT2D eigenvalue weighted by atomic mass is 79.9. The molecule has 0 unspecified atom stereocenters. The second kappa shape index (κ2) is 3.61. The van der Waals surface area contributed by atoms with E-state index in [0.717, 1.165) is 12.3 Å². The van der Waals surface area contributed by atoms with Crippen LogP contribution in [0.1, 0.15) is 11.1 Å². The van der Waals surface area contributed by atoms with Crippen LogP contribution in [0.3, 0.4) is 0 Å². The third kappa shape index (κ3) is 1.89. The average molecular weight is 267 g/mol. The summed E-state index contributed by atoms with van der Waals surface area (Å²) in [5.41, 5.74) is 3.97. The van der Waals surface area contributed by atoms with Crippen molar-refractivity contribution in [1.82, 2.24) is 0 Å². The van der Waals surface area contributed by atoms with E-state index in [1.54, 1.807) is 0 Å². The molecule has 76 valence electrons. The van der Waals surface area contributed by atoms with Crippen molar-refractivity contribution in [2.75, 3.05) is 5.73 Å². The highest BCUT2D eigenvalue weighted by Crippen LogP contribution is 2.36. The summed E-state index contributed by atoms with van der Waals surface area (Å²) in [6.45, 7) is 0. The molecule has 1 aromatic carbocycles. The van der Waals surface area contributed by atoms with E-state index in [9.17, 15) is 13.2 Å². The lowest BCUT2D eigenvalue weighted by Gasteiger charge is -2.12. The van der Waals surface area contributed by atoms with Crippen molar-refractivity contribution in [3.8, 4) is 0 Å². The van der Waals surface area contributed by atoms with Crippen LogP contribution in [0.25, 0.3) is 0 Å². The molecule has 0 aliphatic carbocycles. The maximum Gasteiger partial charge on any atom is 0.418 e. The fourth-order valence-corrected chi connectivity index (χ4v) is 1.46. The molecular weight excluding hydrogens is 261 g/mol. The number of benzene rings is 1. The van der Waals surface area contributed by atoms with Gasteiger partial charge in [-0.2, -0.15) is 13.2 Å². The highest BCUT2D eigenvalue weighted by molar-refractivity contribution is 9.10. The second-order valence-corrected chi connectivity index (χ2v) is 3.42. The Morgan fingerprint density at radius 1 is 1.36 bits per heavy atom. The monoisotopic (exact) mass is 266 g/mol. The van der Waals surface area contributed by atoms with Crippen LogP contribution in [0.4, 0.5) is 18.9 Å². The minimum absolute atomic E-state index is 0.0415. The fraction of sp³-hybridized carbons (Fsp3) is 0.125. The summed E-state index contributed by atoms with van der Waals surface area (Å²) >= 11 is 3.01. The van der Waals surface area contributed by atoms with Gasteiger partial charge in [0.2, 0.25) is 0 Å². The first kappa shape index (κ1) is 11.0. The van der Waals surface area contributed by atoms with Gasteiger partial charge in [-0.15, -0.1) is 0 Å². The summed E-state index contributed by atoms with van der Waals surface area (Å²) < 4.78 is 37.4. The first-order valence-electron chi connectivity index (χ1n) is 3.53. The number of rotatable bonds is 1. The molecule has 0 aliphatic rings. The van der Waals surface area contributed by atoms with Crippen LogP contribution >= 0.6 is 15.9 Å². The highest BCUT2D eigenvalue weighted by Gasteiger charge is 2.33. The maximum atomic E-state index is 12.3. The van der Waals surface area contributed by atoms with Gasteiger partial charge in [0.15, 0.2) is 0 Å². The van der Waals surface area contributed by atoms with Gasteiger partial charge in [-0.3, -0.25) is 0 Å². The Bertz CT molecular complexity index is 374. The van der Waals surface area contributed by atoms with Crippen LogP contribution < -0.4 is 5.73 Å². The van der Waals surface area contributed by atoms with Gasteiger partial charge in [0.05, 0.1) is 11.3 Å². The third-order valence-electron chi connectivity index (χ3n) is 1.68. The number of nitrogens with one attached hydrogen (secondary N) is 1. The zero-order chi connectivity index (χ0) is 10.9. The Hall–Kier alpha value is -1.04. The lowest BCUT2D eigenvalue weighted by Crippen LogP contribution is -2.10. The van der Waals surface area contributed by atoms with Crippen LogP contribution in [-0.2, 0) is 6.18 Å². The Kier molecular flexibility index (Phi) is 2.84. The van der Waals surface area contributed by atoms with E-state index in [4.69, 9.17) is 11.1 Å². The number of hydrogen-bond acceptors (Lipinski definition) is 2. The summed E-state index contributed by atoms with van der Waals surface area (Å²) in [7, 11) is 0. The zero-order valence-corrected chi connectivity index (χ0v) is 8.41. The van der Waals surface area contributed by atoms with Crippen molar-refractivity contribution in [2.24, 2.45) is 0 Å². The predicted octanol–water partition coefficient (Wildman–Crippen LogP) is 3.05. The molecule has 0 aromatic heterocycles. The molecule has 0 saturated heterocycles. The van der Waals surface area contributed by atoms with Crippen LogP contribution in [0.5, 0.6) is 0 Å². The van der Waals surface area contributed by atoms with Gasteiger partial charge in [-0.05, 0) is 12.1 Å². The van der Waals surface area contributed by atoms with Gasteiger partial charge in [0, 0.05) is 16.3 Å². The van der Waals surface area contributed by atoms with Crippen molar-refractivity contribution < 1.29 is 13.2 Å². The van der Waals surface area contributed by atoms with E-state index in [-0.39, 0.29) is 5.56 Å². The minimum atomic E-state index is -4.48. The summed E-state index contributed by atoms with van der Waals surface area (Å²) in [5.74, 6) is 0.